The number of ketones is 1. The average molecular weight is 490 g/mol. The maximum Gasteiger partial charge on any atom is 0.288 e. The van der Waals surface area contributed by atoms with E-state index in [1.54, 1.807) is 30.3 Å². The SMILES string of the molecule is CN1C[C@H](c2ccc(Cl)c([N+](=O)[O-])c2)[C@@]2(COc3ccccc3C2=O)[C@]12C(=O)Nc1ccccc12. The van der Waals surface area contributed by atoms with Gasteiger partial charge in [-0.2, -0.15) is 0 Å². The van der Waals surface area contributed by atoms with Gasteiger partial charge in [0.1, 0.15) is 28.3 Å². The Morgan fingerprint density at radius 3 is 2.66 bits per heavy atom. The highest BCUT2D eigenvalue weighted by Crippen LogP contribution is 2.64. The number of nitro groups is 1. The number of fused-ring (bicyclic) bond motifs is 4. The lowest BCUT2D eigenvalue weighted by Crippen LogP contribution is -2.62. The van der Waals surface area contributed by atoms with Gasteiger partial charge in [-0.15, -0.1) is 0 Å². The van der Waals surface area contributed by atoms with Crippen LogP contribution >= 0.6 is 11.6 Å². The largest absolute Gasteiger partial charge is 0.492 e. The van der Waals surface area contributed by atoms with Gasteiger partial charge in [-0.25, -0.2) is 0 Å². The summed E-state index contributed by atoms with van der Waals surface area (Å²) in [4.78, 5) is 41.4. The summed E-state index contributed by atoms with van der Waals surface area (Å²) in [5, 5.41) is 14.6. The first kappa shape index (κ1) is 21.8. The van der Waals surface area contributed by atoms with Gasteiger partial charge < -0.3 is 10.1 Å². The Hall–Kier alpha value is -3.75. The highest BCUT2D eigenvalue weighted by Gasteiger charge is 2.75. The van der Waals surface area contributed by atoms with Crippen molar-refractivity contribution in [3.63, 3.8) is 0 Å². The van der Waals surface area contributed by atoms with Crippen molar-refractivity contribution in [1.29, 1.82) is 0 Å². The van der Waals surface area contributed by atoms with Crippen LogP contribution in [0.4, 0.5) is 11.4 Å². The second kappa shape index (κ2) is 7.37. The molecule has 3 aromatic carbocycles. The zero-order valence-corrected chi connectivity index (χ0v) is 19.4. The summed E-state index contributed by atoms with van der Waals surface area (Å²) in [5.74, 6) is -0.664. The highest BCUT2D eigenvalue weighted by atomic mass is 35.5. The number of benzene rings is 3. The topological polar surface area (TPSA) is 102 Å². The van der Waals surface area contributed by atoms with Gasteiger partial charge in [0.05, 0.1) is 10.5 Å². The van der Waals surface area contributed by atoms with Gasteiger partial charge in [-0.3, -0.25) is 24.6 Å². The molecule has 2 spiro atoms. The van der Waals surface area contributed by atoms with E-state index in [-0.39, 0.29) is 29.0 Å². The van der Waals surface area contributed by atoms with Crippen molar-refractivity contribution in [3.8, 4) is 5.75 Å². The van der Waals surface area contributed by atoms with Crippen molar-refractivity contribution in [2.45, 2.75) is 11.5 Å². The molecule has 6 rings (SSSR count). The molecule has 8 nitrogen and oxygen atoms in total. The zero-order valence-electron chi connectivity index (χ0n) is 18.7. The molecule has 1 saturated heterocycles. The number of Topliss-reactive ketones (excluding diaryl/α,β-unsaturated/α-hetero) is 1. The minimum absolute atomic E-state index is 0.00869. The van der Waals surface area contributed by atoms with Crippen molar-refractivity contribution in [2.75, 3.05) is 25.5 Å². The number of rotatable bonds is 2. The van der Waals surface area contributed by atoms with Gasteiger partial charge in [0, 0.05) is 29.8 Å². The van der Waals surface area contributed by atoms with E-state index in [4.69, 9.17) is 16.3 Å². The van der Waals surface area contributed by atoms with E-state index in [2.05, 4.69) is 5.32 Å². The summed E-state index contributed by atoms with van der Waals surface area (Å²) in [6.45, 7) is 0.244. The van der Waals surface area contributed by atoms with E-state index in [1.165, 1.54) is 12.1 Å². The minimum Gasteiger partial charge on any atom is -0.492 e. The Bertz CT molecular complexity index is 1440. The monoisotopic (exact) mass is 489 g/mol. The molecule has 3 aliphatic rings. The van der Waals surface area contributed by atoms with E-state index in [0.29, 0.717) is 34.7 Å². The lowest BCUT2D eigenvalue weighted by Gasteiger charge is -2.47. The molecule has 0 saturated carbocycles. The predicted molar refractivity (Wildman–Crippen MR) is 129 cm³/mol. The number of hydrogen-bond acceptors (Lipinski definition) is 6. The van der Waals surface area contributed by atoms with Crippen molar-refractivity contribution < 1.29 is 19.2 Å². The van der Waals surface area contributed by atoms with E-state index < -0.39 is 21.8 Å². The molecule has 1 amide bonds. The maximum absolute atomic E-state index is 14.5. The summed E-state index contributed by atoms with van der Waals surface area (Å²) in [7, 11) is 1.81. The first-order valence-electron chi connectivity index (χ1n) is 11.1. The van der Waals surface area contributed by atoms with Gasteiger partial charge in [0.25, 0.3) is 11.6 Å². The summed E-state index contributed by atoms with van der Waals surface area (Å²) in [5.41, 5.74) is -0.726. The molecule has 176 valence electrons. The molecule has 3 heterocycles. The maximum atomic E-state index is 14.5. The van der Waals surface area contributed by atoms with E-state index >= 15 is 0 Å². The van der Waals surface area contributed by atoms with Crippen LogP contribution in [-0.2, 0) is 10.3 Å². The molecule has 3 aromatic rings. The third-order valence-corrected chi connectivity index (χ3v) is 8.04. The van der Waals surface area contributed by atoms with Crippen LogP contribution in [-0.4, -0.2) is 41.7 Å². The van der Waals surface area contributed by atoms with E-state index in [1.807, 2.05) is 36.2 Å². The fraction of sp³-hybridized carbons (Fsp3) is 0.231. The average Bonchev–Trinajstić information content (AvgIpc) is 3.30. The first-order chi connectivity index (χ1) is 16.8. The summed E-state index contributed by atoms with van der Waals surface area (Å²) in [6.07, 6.45) is 0. The number of ether oxygens (including phenoxy) is 1. The second-order valence-corrected chi connectivity index (χ2v) is 9.60. The third-order valence-electron chi connectivity index (χ3n) is 7.72. The first-order valence-corrected chi connectivity index (χ1v) is 11.5. The van der Waals surface area contributed by atoms with Gasteiger partial charge in [0.2, 0.25) is 0 Å². The number of anilines is 1. The lowest BCUT2D eigenvalue weighted by molar-refractivity contribution is -0.384. The minimum atomic E-state index is -1.38. The zero-order chi connectivity index (χ0) is 24.5. The van der Waals surface area contributed by atoms with Crippen molar-refractivity contribution >= 4 is 34.7 Å². The highest BCUT2D eigenvalue weighted by molar-refractivity contribution is 6.32. The summed E-state index contributed by atoms with van der Waals surface area (Å²) < 4.78 is 6.20. The fourth-order valence-electron chi connectivity index (χ4n) is 6.31. The van der Waals surface area contributed by atoms with Crippen molar-refractivity contribution in [2.24, 2.45) is 5.41 Å². The van der Waals surface area contributed by atoms with E-state index in [0.717, 1.165) is 0 Å². The molecule has 0 aromatic heterocycles. The van der Waals surface area contributed by atoms with Gasteiger partial charge >= 0.3 is 0 Å². The number of halogens is 1. The number of likely N-dealkylation sites (tertiary alicyclic amines) is 1. The van der Waals surface area contributed by atoms with Crippen LogP contribution in [0, 0.1) is 15.5 Å². The fourth-order valence-corrected chi connectivity index (χ4v) is 6.49. The normalized spacial score (nSPS) is 27.0. The van der Waals surface area contributed by atoms with Crippen LogP contribution in [0.1, 0.15) is 27.4 Å². The standard InChI is InChI=1S/C26H20ClN3O5/c1-29-13-18(15-10-11-19(27)21(12-15)30(33)34)25(14-35-22-9-5-2-6-16(22)23(25)31)26(29)17-7-3-4-8-20(17)28-24(26)32/h2-12,18H,13-14H2,1H3,(H,28,32)/t18-,25-,26+/m1/s1. The number of carbonyl (C=O) groups excluding carboxylic acids is 2. The Morgan fingerprint density at radius 2 is 1.86 bits per heavy atom. The molecule has 0 unspecified atom stereocenters. The van der Waals surface area contributed by atoms with E-state index in [9.17, 15) is 19.7 Å². The predicted octanol–water partition coefficient (Wildman–Crippen LogP) is 4.39. The molecule has 3 aliphatic heterocycles. The molecule has 1 N–H and O–H groups in total. The van der Waals surface area contributed by atoms with Gasteiger partial charge in [0.15, 0.2) is 5.78 Å². The number of nitrogens with zero attached hydrogens (tertiary/aromatic N) is 2. The number of amides is 1. The summed E-state index contributed by atoms with van der Waals surface area (Å²) in [6, 6.07) is 18.9. The van der Waals surface area contributed by atoms with Crippen LogP contribution in [0.3, 0.4) is 0 Å². The number of hydrogen-bond donors (Lipinski definition) is 1. The van der Waals surface area contributed by atoms with Crippen LogP contribution < -0.4 is 10.1 Å². The van der Waals surface area contributed by atoms with Crippen molar-refractivity contribution in [3.05, 3.63) is 98.6 Å². The molecule has 0 radical (unpaired) electrons. The molecule has 9 heteroatoms. The Kier molecular flexibility index (Phi) is 4.58. The van der Waals surface area contributed by atoms with Gasteiger partial charge in [-0.1, -0.05) is 48.0 Å². The van der Waals surface area contributed by atoms with Crippen LogP contribution in [0.2, 0.25) is 5.02 Å². The molecule has 1 fully saturated rings. The Balaban J connectivity index is 1.66. The Labute approximate surface area is 205 Å². The summed E-state index contributed by atoms with van der Waals surface area (Å²) >= 11 is 6.10. The number of carbonyl (C=O) groups is 2. The Morgan fingerprint density at radius 1 is 1.11 bits per heavy atom. The molecule has 0 bridgehead atoms. The number of nitrogens with one attached hydrogen (secondary N) is 1. The molecular weight excluding hydrogens is 470 g/mol. The van der Waals surface area contributed by atoms with Crippen LogP contribution in [0.5, 0.6) is 5.75 Å². The van der Waals surface area contributed by atoms with Crippen LogP contribution in [0.25, 0.3) is 0 Å². The smallest absolute Gasteiger partial charge is 0.288 e. The van der Waals surface area contributed by atoms with Crippen molar-refractivity contribution in [1.82, 2.24) is 4.90 Å². The number of nitro benzene ring substituents is 1. The third kappa shape index (κ3) is 2.61. The second-order valence-electron chi connectivity index (χ2n) is 9.20. The number of likely N-dealkylation sites (N-methyl/N-ethyl adjacent to an activating group) is 1. The quantitative estimate of drug-likeness (QED) is 0.423. The molecular formula is C26H20ClN3O5. The molecule has 35 heavy (non-hydrogen) atoms. The molecule has 0 aliphatic carbocycles. The van der Waals surface area contributed by atoms with Gasteiger partial charge in [-0.05, 0) is 36.9 Å². The van der Waals surface area contributed by atoms with Crippen LogP contribution in [0.15, 0.2) is 66.7 Å². The lowest BCUT2D eigenvalue weighted by atomic mass is 9.57. The molecule has 3 atom stereocenters. The number of para-hydroxylation sites is 2.